The summed E-state index contributed by atoms with van der Waals surface area (Å²) in [7, 11) is 1.62. The van der Waals surface area contributed by atoms with Crippen LogP contribution in [-0.4, -0.2) is 13.7 Å². The average Bonchev–Trinajstić information content (AvgIpc) is 2.52. The zero-order valence-corrected chi connectivity index (χ0v) is 13.4. The van der Waals surface area contributed by atoms with Gasteiger partial charge in [0, 0.05) is 11.4 Å². The topological polar surface area (TPSA) is 42.2 Å². The van der Waals surface area contributed by atoms with E-state index in [4.69, 9.17) is 21.1 Å². The van der Waals surface area contributed by atoms with E-state index in [-0.39, 0.29) is 5.92 Å². The molecule has 0 heterocycles. The van der Waals surface area contributed by atoms with Gasteiger partial charge in [-0.2, -0.15) is 5.26 Å². The summed E-state index contributed by atoms with van der Waals surface area (Å²) in [5, 5.41) is 9.97. The minimum atomic E-state index is -0.241. The maximum Gasteiger partial charge on any atom is 0.161 e. The Morgan fingerprint density at radius 3 is 2.68 bits per heavy atom. The Balaban J connectivity index is 1.99. The largest absolute Gasteiger partial charge is 0.493 e. The molecule has 1 unspecified atom stereocenters. The van der Waals surface area contributed by atoms with Crippen molar-refractivity contribution < 1.29 is 9.47 Å². The van der Waals surface area contributed by atoms with E-state index in [9.17, 15) is 5.26 Å². The number of nitriles is 1. The molecule has 3 nitrogen and oxygen atoms in total. The minimum absolute atomic E-state index is 0.241. The molecule has 22 heavy (non-hydrogen) atoms. The maximum absolute atomic E-state index is 9.33. The molecule has 2 aromatic rings. The second-order valence-electron chi connectivity index (χ2n) is 5.03. The monoisotopic (exact) mass is 315 g/mol. The van der Waals surface area contributed by atoms with Crippen molar-refractivity contribution in [2.75, 3.05) is 13.7 Å². The molecule has 0 radical (unpaired) electrons. The lowest BCUT2D eigenvalue weighted by Gasteiger charge is -2.13. The molecule has 0 spiro atoms. The predicted molar refractivity (Wildman–Crippen MR) is 87.6 cm³/mol. The fourth-order valence-corrected chi connectivity index (χ4v) is 2.41. The van der Waals surface area contributed by atoms with Crippen LogP contribution in [0.3, 0.4) is 0 Å². The van der Waals surface area contributed by atoms with Crippen LogP contribution >= 0.6 is 11.6 Å². The van der Waals surface area contributed by atoms with Gasteiger partial charge < -0.3 is 9.47 Å². The summed E-state index contributed by atoms with van der Waals surface area (Å²) >= 11 is 5.97. The first-order valence-electron chi connectivity index (χ1n) is 7.06. The van der Waals surface area contributed by atoms with E-state index < -0.39 is 0 Å². The normalized spacial score (nSPS) is 11.5. The molecule has 0 aromatic heterocycles. The van der Waals surface area contributed by atoms with Crippen molar-refractivity contribution in [3.63, 3.8) is 0 Å². The molecule has 0 saturated carbocycles. The molecule has 0 aliphatic carbocycles. The van der Waals surface area contributed by atoms with E-state index >= 15 is 0 Å². The first kappa shape index (κ1) is 16.2. The molecule has 1 atom stereocenters. The van der Waals surface area contributed by atoms with Crippen molar-refractivity contribution in [2.45, 2.75) is 19.3 Å². The van der Waals surface area contributed by atoms with E-state index in [1.165, 1.54) is 0 Å². The molecule has 114 valence electrons. The molecule has 4 heteroatoms. The summed E-state index contributed by atoms with van der Waals surface area (Å²) in [4.78, 5) is 0. The highest BCUT2D eigenvalue weighted by atomic mass is 35.5. The zero-order chi connectivity index (χ0) is 15.9. The zero-order valence-electron chi connectivity index (χ0n) is 12.7. The van der Waals surface area contributed by atoms with Crippen LogP contribution in [0.2, 0.25) is 5.02 Å². The summed E-state index contributed by atoms with van der Waals surface area (Å²) in [6.45, 7) is 2.43. The summed E-state index contributed by atoms with van der Waals surface area (Å²) in [6, 6.07) is 15.5. The van der Waals surface area contributed by atoms with Crippen molar-refractivity contribution in [3.8, 4) is 17.6 Å². The van der Waals surface area contributed by atoms with Crippen LogP contribution in [0.5, 0.6) is 11.5 Å². The summed E-state index contributed by atoms with van der Waals surface area (Å²) in [5.41, 5.74) is 2.02. The SMILES string of the molecule is COc1cc(C)ccc1OCCC(C#N)c1cccc(Cl)c1. The van der Waals surface area contributed by atoms with Gasteiger partial charge >= 0.3 is 0 Å². The van der Waals surface area contributed by atoms with Gasteiger partial charge in [-0.05, 0) is 42.3 Å². The summed E-state index contributed by atoms with van der Waals surface area (Å²) in [6.07, 6.45) is 0.591. The number of methoxy groups -OCH3 is 1. The van der Waals surface area contributed by atoms with Crippen LogP contribution in [0.4, 0.5) is 0 Å². The lowest BCUT2D eigenvalue weighted by molar-refractivity contribution is 0.285. The Kier molecular flexibility index (Phi) is 5.68. The van der Waals surface area contributed by atoms with Gasteiger partial charge in [0.1, 0.15) is 0 Å². The molecule has 2 aromatic carbocycles. The van der Waals surface area contributed by atoms with E-state index in [1.807, 2.05) is 43.3 Å². The summed E-state index contributed by atoms with van der Waals surface area (Å²) in [5.74, 6) is 1.15. The number of nitrogens with zero attached hydrogens (tertiary/aromatic N) is 1. The first-order chi connectivity index (χ1) is 10.6. The second-order valence-corrected chi connectivity index (χ2v) is 5.46. The Bertz CT molecular complexity index is 679. The van der Waals surface area contributed by atoms with Crippen molar-refractivity contribution in [2.24, 2.45) is 0 Å². The van der Waals surface area contributed by atoms with Gasteiger partial charge in [-0.1, -0.05) is 29.8 Å². The van der Waals surface area contributed by atoms with Crippen LogP contribution in [0.25, 0.3) is 0 Å². The number of hydrogen-bond donors (Lipinski definition) is 0. The smallest absolute Gasteiger partial charge is 0.161 e. The van der Waals surface area contributed by atoms with Gasteiger partial charge in [0.25, 0.3) is 0 Å². The Hall–Kier alpha value is -2.18. The van der Waals surface area contributed by atoms with E-state index in [2.05, 4.69) is 6.07 Å². The molecule has 0 aliphatic rings. The molecule has 0 N–H and O–H groups in total. The van der Waals surface area contributed by atoms with Crippen molar-refractivity contribution >= 4 is 11.6 Å². The standard InChI is InChI=1S/C18H18ClNO2/c1-13-6-7-17(18(10-13)21-2)22-9-8-15(12-20)14-4-3-5-16(19)11-14/h3-7,10-11,15H,8-9H2,1-2H3. The Morgan fingerprint density at radius 2 is 2.00 bits per heavy atom. The lowest BCUT2D eigenvalue weighted by Crippen LogP contribution is -2.05. The van der Waals surface area contributed by atoms with Crippen molar-refractivity contribution in [1.82, 2.24) is 0 Å². The van der Waals surface area contributed by atoms with Crippen molar-refractivity contribution in [3.05, 3.63) is 58.6 Å². The highest BCUT2D eigenvalue weighted by molar-refractivity contribution is 6.30. The third-order valence-corrected chi connectivity index (χ3v) is 3.63. The highest BCUT2D eigenvalue weighted by Crippen LogP contribution is 2.29. The number of halogens is 1. The molecule has 0 saturated heterocycles. The van der Waals surface area contributed by atoms with Crippen LogP contribution < -0.4 is 9.47 Å². The number of rotatable bonds is 6. The minimum Gasteiger partial charge on any atom is -0.493 e. The predicted octanol–water partition coefficient (Wildman–Crippen LogP) is 4.73. The van der Waals surface area contributed by atoms with Crippen LogP contribution in [0.1, 0.15) is 23.5 Å². The molecular weight excluding hydrogens is 298 g/mol. The van der Waals surface area contributed by atoms with Gasteiger partial charge in [-0.25, -0.2) is 0 Å². The summed E-state index contributed by atoms with van der Waals surface area (Å²) < 4.78 is 11.1. The third kappa shape index (κ3) is 4.16. The van der Waals surface area contributed by atoms with Gasteiger partial charge in [0.15, 0.2) is 11.5 Å². The molecule has 0 amide bonds. The molecule has 0 aliphatic heterocycles. The molecule has 0 fully saturated rings. The van der Waals surface area contributed by atoms with Gasteiger partial charge in [-0.3, -0.25) is 0 Å². The lowest BCUT2D eigenvalue weighted by atomic mass is 9.98. The van der Waals surface area contributed by atoms with Gasteiger partial charge in [0.05, 0.1) is 25.7 Å². The maximum atomic E-state index is 9.33. The fraction of sp³-hybridized carbons (Fsp3) is 0.278. The van der Waals surface area contributed by atoms with E-state index in [0.717, 1.165) is 11.1 Å². The molecule has 2 rings (SSSR count). The number of aryl methyl sites for hydroxylation is 1. The van der Waals surface area contributed by atoms with Crippen molar-refractivity contribution in [1.29, 1.82) is 5.26 Å². The number of benzene rings is 2. The van der Waals surface area contributed by atoms with E-state index in [1.54, 1.807) is 13.2 Å². The van der Waals surface area contributed by atoms with Gasteiger partial charge in [-0.15, -0.1) is 0 Å². The van der Waals surface area contributed by atoms with E-state index in [0.29, 0.717) is 29.5 Å². The fourth-order valence-electron chi connectivity index (χ4n) is 2.21. The highest BCUT2D eigenvalue weighted by Gasteiger charge is 2.12. The first-order valence-corrected chi connectivity index (χ1v) is 7.44. The van der Waals surface area contributed by atoms with Crippen LogP contribution in [-0.2, 0) is 0 Å². The second kappa shape index (κ2) is 7.72. The average molecular weight is 316 g/mol. The molecular formula is C18H18ClNO2. The van der Waals surface area contributed by atoms with Crippen LogP contribution in [0, 0.1) is 18.3 Å². The van der Waals surface area contributed by atoms with Crippen LogP contribution in [0.15, 0.2) is 42.5 Å². The number of hydrogen-bond acceptors (Lipinski definition) is 3. The third-order valence-electron chi connectivity index (χ3n) is 3.39. The number of ether oxygens (including phenoxy) is 2. The quantitative estimate of drug-likeness (QED) is 0.773. The Morgan fingerprint density at radius 1 is 1.18 bits per heavy atom. The molecule has 0 bridgehead atoms. The van der Waals surface area contributed by atoms with Gasteiger partial charge in [0.2, 0.25) is 0 Å². The Labute approximate surface area is 136 Å².